The van der Waals surface area contributed by atoms with Crippen molar-refractivity contribution in [2.75, 3.05) is 7.05 Å². The third-order valence-electron chi connectivity index (χ3n) is 4.34. The molecule has 1 N–H and O–H groups in total. The molecule has 1 aromatic carbocycles. The topological polar surface area (TPSA) is 21.3 Å². The van der Waals surface area contributed by atoms with Gasteiger partial charge in [0, 0.05) is 23.9 Å². The van der Waals surface area contributed by atoms with E-state index in [1.54, 1.807) is 0 Å². The van der Waals surface area contributed by atoms with Gasteiger partial charge in [-0.1, -0.05) is 25.4 Å². The van der Waals surface area contributed by atoms with Gasteiger partial charge in [0.1, 0.15) is 17.7 Å². The summed E-state index contributed by atoms with van der Waals surface area (Å²) in [6, 6.07) is 3.32. The Morgan fingerprint density at radius 1 is 1.58 bits per heavy atom. The van der Waals surface area contributed by atoms with E-state index in [0.29, 0.717) is 16.3 Å². The molecule has 2 nitrogen and oxygen atoms in total. The molecule has 0 radical (unpaired) electrons. The van der Waals surface area contributed by atoms with Crippen LogP contribution in [-0.4, -0.2) is 19.2 Å². The Morgan fingerprint density at radius 2 is 2.26 bits per heavy atom. The second-order valence-corrected chi connectivity index (χ2v) is 6.50. The lowest BCUT2D eigenvalue weighted by Gasteiger charge is -2.53. The van der Waals surface area contributed by atoms with Gasteiger partial charge in [0.2, 0.25) is 0 Å². The normalized spacial score (nSPS) is 30.0. The second kappa shape index (κ2) is 5.58. The number of halogens is 3. The number of benzene rings is 1. The molecule has 0 bridgehead atoms. The van der Waals surface area contributed by atoms with E-state index in [1.807, 2.05) is 7.05 Å². The first-order chi connectivity index (χ1) is 8.92. The Kier molecular flexibility index (Phi) is 4.43. The minimum atomic E-state index is -0.456. The fraction of sp³-hybridized carbons (Fsp3) is 0.571. The second-order valence-electron chi connectivity index (χ2n) is 5.24. The highest BCUT2D eigenvalue weighted by Crippen LogP contribution is 2.47. The van der Waals surface area contributed by atoms with Crippen LogP contribution in [0, 0.1) is 11.2 Å². The van der Waals surface area contributed by atoms with Crippen LogP contribution in [0.5, 0.6) is 5.75 Å². The van der Waals surface area contributed by atoms with Crippen molar-refractivity contribution >= 4 is 27.5 Å². The van der Waals surface area contributed by atoms with Gasteiger partial charge in [0.15, 0.2) is 0 Å². The van der Waals surface area contributed by atoms with Crippen molar-refractivity contribution in [2.24, 2.45) is 5.41 Å². The summed E-state index contributed by atoms with van der Waals surface area (Å²) in [5.74, 6) is 0.0590. The van der Waals surface area contributed by atoms with Gasteiger partial charge >= 0.3 is 0 Å². The van der Waals surface area contributed by atoms with E-state index < -0.39 is 5.82 Å². The van der Waals surface area contributed by atoms with Crippen LogP contribution in [-0.2, 0) is 0 Å². The lowest BCUT2D eigenvalue weighted by Crippen LogP contribution is -2.62. The molecule has 106 valence electrons. The van der Waals surface area contributed by atoms with Crippen molar-refractivity contribution in [2.45, 2.75) is 38.8 Å². The van der Waals surface area contributed by atoms with Crippen molar-refractivity contribution in [3.05, 3.63) is 27.4 Å². The fourth-order valence-electron chi connectivity index (χ4n) is 2.67. The maximum Gasteiger partial charge on any atom is 0.145 e. The average molecular weight is 351 g/mol. The first kappa shape index (κ1) is 15.1. The molecule has 3 unspecified atom stereocenters. The first-order valence-electron chi connectivity index (χ1n) is 6.40. The molecular formula is C14H18BrClFNO. The summed E-state index contributed by atoms with van der Waals surface area (Å²) >= 11 is 9.09. The predicted octanol–water partition coefficient (Wildman–Crippen LogP) is 4.40. The smallest absolute Gasteiger partial charge is 0.145 e. The molecule has 3 atom stereocenters. The summed E-state index contributed by atoms with van der Waals surface area (Å²) in [4.78, 5) is 0. The molecule has 0 aliphatic heterocycles. The number of hydrogen-bond acceptors (Lipinski definition) is 2. The maximum absolute atomic E-state index is 13.5. The van der Waals surface area contributed by atoms with Crippen molar-refractivity contribution in [3.63, 3.8) is 0 Å². The molecule has 0 aromatic heterocycles. The van der Waals surface area contributed by atoms with Gasteiger partial charge in [-0.05, 0) is 35.5 Å². The van der Waals surface area contributed by atoms with E-state index in [2.05, 4.69) is 35.1 Å². The maximum atomic E-state index is 13.5. The van der Waals surface area contributed by atoms with Crippen LogP contribution in [0.15, 0.2) is 16.6 Å². The Balaban J connectivity index is 2.17. The molecule has 1 fully saturated rings. The average Bonchev–Trinajstić information content (AvgIpc) is 2.38. The van der Waals surface area contributed by atoms with Gasteiger partial charge in [0.05, 0.1) is 9.50 Å². The quantitative estimate of drug-likeness (QED) is 0.813. The van der Waals surface area contributed by atoms with E-state index in [-0.39, 0.29) is 16.5 Å². The summed E-state index contributed by atoms with van der Waals surface area (Å²) in [7, 11) is 1.96. The first-order valence-corrected chi connectivity index (χ1v) is 7.58. The monoisotopic (exact) mass is 349 g/mol. The molecule has 1 saturated carbocycles. The minimum Gasteiger partial charge on any atom is -0.488 e. The van der Waals surface area contributed by atoms with Crippen LogP contribution < -0.4 is 10.1 Å². The SMILES string of the molecule is CCC1(C)C(NC)CC1Oc1cc(F)c(Cl)cc1Br. The predicted molar refractivity (Wildman–Crippen MR) is 79.4 cm³/mol. The molecule has 0 spiro atoms. The molecule has 1 aliphatic rings. The molecule has 19 heavy (non-hydrogen) atoms. The van der Waals surface area contributed by atoms with Crippen LogP contribution in [0.4, 0.5) is 4.39 Å². The number of hydrogen-bond donors (Lipinski definition) is 1. The third kappa shape index (κ3) is 2.63. The van der Waals surface area contributed by atoms with Crippen LogP contribution in [0.25, 0.3) is 0 Å². The lowest BCUT2D eigenvalue weighted by atomic mass is 9.61. The zero-order valence-electron chi connectivity index (χ0n) is 11.3. The number of ether oxygens (including phenoxy) is 1. The van der Waals surface area contributed by atoms with Crippen molar-refractivity contribution in [3.8, 4) is 5.75 Å². The standard InChI is InChI=1S/C14H18BrClFNO/c1-4-14(2)12(18-3)7-13(14)19-11-6-10(17)9(16)5-8(11)15/h5-6,12-13,18H,4,7H2,1-3H3. The van der Waals surface area contributed by atoms with E-state index in [1.165, 1.54) is 12.1 Å². The van der Waals surface area contributed by atoms with Crippen LogP contribution in [0.2, 0.25) is 5.02 Å². The molecule has 1 aliphatic carbocycles. The highest BCUT2D eigenvalue weighted by atomic mass is 79.9. The zero-order chi connectivity index (χ0) is 14.2. The molecule has 0 saturated heterocycles. The summed E-state index contributed by atoms with van der Waals surface area (Å²) in [5.41, 5.74) is 0.0737. The molecule has 1 aromatic rings. The van der Waals surface area contributed by atoms with Gasteiger partial charge < -0.3 is 10.1 Å². The van der Waals surface area contributed by atoms with E-state index >= 15 is 0 Å². The van der Waals surface area contributed by atoms with Crippen LogP contribution in [0.1, 0.15) is 26.7 Å². The molecular weight excluding hydrogens is 333 g/mol. The highest BCUT2D eigenvalue weighted by molar-refractivity contribution is 9.10. The van der Waals surface area contributed by atoms with Crippen LogP contribution in [0.3, 0.4) is 0 Å². The third-order valence-corrected chi connectivity index (χ3v) is 5.25. The Labute approximate surface area is 126 Å². The zero-order valence-corrected chi connectivity index (χ0v) is 13.6. The summed E-state index contributed by atoms with van der Waals surface area (Å²) < 4.78 is 20.2. The lowest BCUT2D eigenvalue weighted by molar-refractivity contribution is -0.0682. The van der Waals surface area contributed by atoms with Crippen molar-refractivity contribution in [1.82, 2.24) is 5.32 Å². The van der Waals surface area contributed by atoms with Gasteiger partial charge in [-0.15, -0.1) is 0 Å². The minimum absolute atomic E-state index is 0.0737. The van der Waals surface area contributed by atoms with Crippen molar-refractivity contribution in [1.29, 1.82) is 0 Å². The Morgan fingerprint density at radius 3 is 2.84 bits per heavy atom. The highest BCUT2D eigenvalue weighted by Gasteiger charge is 2.51. The number of rotatable bonds is 4. The summed E-state index contributed by atoms with van der Waals surface area (Å²) in [6.07, 6.45) is 2.03. The van der Waals surface area contributed by atoms with Gasteiger partial charge in [-0.25, -0.2) is 4.39 Å². The fourth-order valence-corrected chi connectivity index (χ4v) is 3.40. The van der Waals surface area contributed by atoms with Crippen LogP contribution >= 0.6 is 27.5 Å². The van der Waals surface area contributed by atoms with Crippen molar-refractivity contribution < 1.29 is 9.13 Å². The molecule has 0 heterocycles. The van der Waals surface area contributed by atoms with E-state index in [4.69, 9.17) is 16.3 Å². The molecule has 0 amide bonds. The van der Waals surface area contributed by atoms with E-state index in [0.717, 1.165) is 12.8 Å². The van der Waals surface area contributed by atoms with Gasteiger partial charge in [-0.2, -0.15) is 0 Å². The number of nitrogens with one attached hydrogen (secondary N) is 1. The van der Waals surface area contributed by atoms with Gasteiger partial charge in [0.25, 0.3) is 0 Å². The van der Waals surface area contributed by atoms with E-state index in [9.17, 15) is 4.39 Å². The summed E-state index contributed by atoms with van der Waals surface area (Å²) in [5, 5.41) is 3.40. The Bertz CT molecular complexity index is 485. The summed E-state index contributed by atoms with van der Waals surface area (Å²) in [6.45, 7) is 4.35. The van der Waals surface area contributed by atoms with Gasteiger partial charge in [-0.3, -0.25) is 0 Å². The molecule has 5 heteroatoms. The Hall–Kier alpha value is -0.320. The molecule has 2 rings (SSSR count). The largest absolute Gasteiger partial charge is 0.488 e.